The fraction of sp³-hybridized carbons (Fsp3) is 1.00. The van der Waals surface area contributed by atoms with Crippen LogP contribution in [0.5, 0.6) is 0 Å². The van der Waals surface area contributed by atoms with Crippen molar-refractivity contribution in [2.24, 2.45) is 5.73 Å². The van der Waals surface area contributed by atoms with Crippen molar-refractivity contribution in [1.82, 2.24) is 10.6 Å². The van der Waals surface area contributed by atoms with E-state index in [0.717, 1.165) is 19.4 Å². The molecule has 78 valence electrons. The van der Waals surface area contributed by atoms with Gasteiger partial charge in [-0.15, -0.1) is 0 Å². The molecule has 5 N–H and O–H groups in total. The average Bonchev–Trinajstić information content (AvgIpc) is 2.31. The summed E-state index contributed by atoms with van der Waals surface area (Å²) in [6, 6.07) is 0.0300. The summed E-state index contributed by atoms with van der Waals surface area (Å²) in [5, 5.41) is 16.1. The van der Waals surface area contributed by atoms with Gasteiger partial charge in [0.2, 0.25) is 0 Å². The van der Waals surface area contributed by atoms with Gasteiger partial charge in [0.25, 0.3) is 0 Å². The Morgan fingerprint density at radius 3 is 3.00 bits per heavy atom. The molecule has 0 aromatic carbocycles. The van der Waals surface area contributed by atoms with Crippen LogP contribution in [0.4, 0.5) is 0 Å². The molecule has 0 spiro atoms. The zero-order valence-electron chi connectivity index (χ0n) is 8.34. The SMILES string of the molecule is CNCC(N)(O)[C@@H]1CCCCCN1. The minimum Gasteiger partial charge on any atom is -0.373 e. The third kappa shape index (κ3) is 3.23. The molecule has 4 nitrogen and oxygen atoms in total. The van der Waals surface area contributed by atoms with Crippen LogP contribution in [0.1, 0.15) is 25.7 Å². The Bertz CT molecular complexity index is 142. The quantitative estimate of drug-likeness (QED) is 0.445. The number of rotatable bonds is 3. The third-order valence-corrected chi connectivity index (χ3v) is 2.62. The second kappa shape index (κ2) is 4.91. The molecule has 0 aliphatic carbocycles. The topological polar surface area (TPSA) is 70.3 Å². The van der Waals surface area contributed by atoms with Crippen molar-refractivity contribution in [3.05, 3.63) is 0 Å². The van der Waals surface area contributed by atoms with Crippen molar-refractivity contribution in [2.45, 2.75) is 37.5 Å². The van der Waals surface area contributed by atoms with Crippen LogP contribution in [-0.2, 0) is 0 Å². The van der Waals surface area contributed by atoms with Crippen molar-refractivity contribution in [2.75, 3.05) is 20.1 Å². The molecule has 1 fully saturated rings. The lowest BCUT2D eigenvalue weighted by molar-refractivity contribution is 0.00813. The number of hydrogen-bond donors (Lipinski definition) is 4. The lowest BCUT2D eigenvalue weighted by atomic mass is 10.00. The van der Waals surface area contributed by atoms with E-state index in [1.807, 2.05) is 0 Å². The van der Waals surface area contributed by atoms with Crippen molar-refractivity contribution in [3.8, 4) is 0 Å². The first-order chi connectivity index (χ1) is 6.17. The summed E-state index contributed by atoms with van der Waals surface area (Å²) in [4.78, 5) is 0. The number of hydrogen-bond acceptors (Lipinski definition) is 4. The zero-order chi connectivity index (χ0) is 9.73. The molecule has 0 amide bonds. The van der Waals surface area contributed by atoms with Gasteiger partial charge in [0.05, 0.1) is 6.04 Å². The van der Waals surface area contributed by atoms with Crippen LogP contribution in [0.15, 0.2) is 0 Å². The molecule has 13 heavy (non-hydrogen) atoms. The predicted octanol–water partition coefficient (Wildman–Crippen LogP) is -0.615. The van der Waals surface area contributed by atoms with Crippen LogP contribution in [-0.4, -0.2) is 37.0 Å². The largest absolute Gasteiger partial charge is 0.373 e. The van der Waals surface area contributed by atoms with Crippen LogP contribution < -0.4 is 16.4 Å². The molecule has 0 aromatic heterocycles. The summed E-state index contributed by atoms with van der Waals surface area (Å²) in [6.45, 7) is 1.40. The van der Waals surface area contributed by atoms with E-state index in [-0.39, 0.29) is 6.04 Å². The van der Waals surface area contributed by atoms with Gasteiger partial charge in [-0.05, 0) is 26.4 Å². The summed E-state index contributed by atoms with van der Waals surface area (Å²) in [6.07, 6.45) is 4.54. The van der Waals surface area contributed by atoms with Crippen molar-refractivity contribution >= 4 is 0 Å². The van der Waals surface area contributed by atoms with E-state index >= 15 is 0 Å². The van der Waals surface area contributed by atoms with Gasteiger partial charge in [0, 0.05) is 6.54 Å². The number of nitrogens with two attached hydrogens (primary N) is 1. The van der Waals surface area contributed by atoms with E-state index in [2.05, 4.69) is 10.6 Å². The van der Waals surface area contributed by atoms with Gasteiger partial charge in [0.15, 0.2) is 0 Å². The third-order valence-electron chi connectivity index (χ3n) is 2.62. The molecular formula is C9H21N3O. The van der Waals surface area contributed by atoms with Crippen LogP contribution in [0.3, 0.4) is 0 Å². The first-order valence-corrected chi connectivity index (χ1v) is 5.06. The summed E-state index contributed by atoms with van der Waals surface area (Å²) >= 11 is 0. The number of aliphatic hydroxyl groups is 1. The smallest absolute Gasteiger partial charge is 0.141 e. The van der Waals surface area contributed by atoms with E-state index in [4.69, 9.17) is 5.73 Å². The second-order valence-electron chi connectivity index (χ2n) is 3.88. The standard InChI is InChI=1S/C9H21N3O/c1-11-7-9(10,13)8-5-3-2-4-6-12-8/h8,11-13H,2-7,10H2,1H3/t8-,9?/m0/s1. The van der Waals surface area contributed by atoms with Gasteiger partial charge < -0.3 is 21.5 Å². The van der Waals surface area contributed by atoms with E-state index in [9.17, 15) is 5.11 Å². The monoisotopic (exact) mass is 187 g/mol. The van der Waals surface area contributed by atoms with Crippen molar-refractivity contribution in [1.29, 1.82) is 0 Å². The molecule has 0 bridgehead atoms. The molecule has 1 saturated heterocycles. The van der Waals surface area contributed by atoms with Gasteiger partial charge in [-0.2, -0.15) is 0 Å². The Morgan fingerprint density at radius 1 is 1.54 bits per heavy atom. The minimum atomic E-state index is -1.11. The molecule has 2 atom stereocenters. The average molecular weight is 187 g/mol. The molecule has 4 heteroatoms. The maximum absolute atomic E-state index is 9.92. The van der Waals surface area contributed by atoms with E-state index in [1.54, 1.807) is 7.05 Å². The highest BCUT2D eigenvalue weighted by Crippen LogP contribution is 2.14. The Labute approximate surface area is 79.9 Å². The maximum atomic E-state index is 9.92. The van der Waals surface area contributed by atoms with Crippen LogP contribution in [0, 0.1) is 0 Å². The highest BCUT2D eigenvalue weighted by atomic mass is 16.3. The summed E-state index contributed by atoms with van der Waals surface area (Å²) in [5.41, 5.74) is 4.69. The first kappa shape index (κ1) is 10.9. The lowest BCUT2D eigenvalue weighted by Gasteiger charge is -2.32. The van der Waals surface area contributed by atoms with Crippen LogP contribution in [0.2, 0.25) is 0 Å². The number of likely N-dealkylation sites (N-methyl/N-ethyl adjacent to an activating group) is 1. The molecule has 0 saturated carbocycles. The molecule has 0 aromatic rings. The maximum Gasteiger partial charge on any atom is 0.141 e. The number of nitrogens with one attached hydrogen (secondary N) is 2. The first-order valence-electron chi connectivity index (χ1n) is 5.06. The van der Waals surface area contributed by atoms with Gasteiger partial charge in [-0.1, -0.05) is 12.8 Å². The van der Waals surface area contributed by atoms with Gasteiger partial charge in [-0.25, -0.2) is 0 Å². The predicted molar refractivity (Wildman–Crippen MR) is 53.3 cm³/mol. The highest BCUT2D eigenvalue weighted by molar-refractivity contribution is 4.89. The Hall–Kier alpha value is -0.160. The highest BCUT2D eigenvalue weighted by Gasteiger charge is 2.31. The summed E-state index contributed by atoms with van der Waals surface area (Å²) in [7, 11) is 1.80. The summed E-state index contributed by atoms with van der Waals surface area (Å²) in [5.74, 6) is 0. The van der Waals surface area contributed by atoms with Gasteiger partial charge in [0.1, 0.15) is 5.72 Å². The lowest BCUT2D eigenvalue weighted by Crippen LogP contribution is -2.61. The minimum absolute atomic E-state index is 0.0300. The van der Waals surface area contributed by atoms with Crippen molar-refractivity contribution < 1.29 is 5.11 Å². The fourth-order valence-electron chi connectivity index (χ4n) is 1.86. The van der Waals surface area contributed by atoms with E-state index < -0.39 is 5.72 Å². The van der Waals surface area contributed by atoms with E-state index in [1.165, 1.54) is 12.8 Å². The van der Waals surface area contributed by atoms with Gasteiger partial charge >= 0.3 is 0 Å². The normalized spacial score (nSPS) is 29.3. The van der Waals surface area contributed by atoms with Crippen LogP contribution in [0.25, 0.3) is 0 Å². The van der Waals surface area contributed by atoms with Crippen LogP contribution >= 0.6 is 0 Å². The fourth-order valence-corrected chi connectivity index (χ4v) is 1.86. The molecule has 1 aliphatic rings. The summed E-state index contributed by atoms with van der Waals surface area (Å²) < 4.78 is 0. The second-order valence-corrected chi connectivity index (χ2v) is 3.88. The van der Waals surface area contributed by atoms with Crippen molar-refractivity contribution in [3.63, 3.8) is 0 Å². The molecule has 1 rings (SSSR count). The molecule has 1 heterocycles. The Kier molecular flexibility index (Phi) is 4.12. The Balaban J connectivity index is 2.46. The molecule has 1 unspecified atom stereocenters. The molecule has 0 radical (unpaired) electrons. The molecule has 1 aliphatic heterocycles. The zero-order valence-corrected chi connectivity index (χ0v) is 8.34. The van der Waals surface area contributed by atoms with E-state index in [0.29, 0.717) is 6.54 Å². The molecular weight excluding hydrogens is 166 g/mol. The Morgan fingerprint density at radius 2 is 2.31 bits per heavy atom. The van der Waals surface area contributed by atoms with Gasteiger partial charge in [-0.3, -0.25) is 0 Å².